The third-order valence-electron chi connectivity index (χ3n) is 2.81. The first kappa shape index (κ1) is 13.4. The standard InChI is InChI=1S/C13H21NOS/c1-11(8-9-14)4-5-12(15)6-7-13-3-2-10-16-13/h2-3,10-11H,4-9,14H2,1H3. The first-order valence-electron chi connectivity index (χ1n) is 5.96. The molecule has 0 spiro atoms. The molecule has 2 nitrogen and oxygen atoms in total. The lowest BCUT2D eigenvalue weighted by atomic mass is 9.99. The highest BCUT2D eigenvalue weighted by Crippen LogP contribution is 2.14. The number of nitrogens with two attached hydrogens (primary N) is 1. The van der Waals surface area contributed by atoms with Gasteiger partial charge in [-0.1, -0.05) is 13.0 Å². The molecule has 0 saturated heterocycles. The molecule has 3 heteroatoms. The van der Waals surface area contributed by atoms with Gasteiger partial charge in [-0.25, -0.2) is 0 Å². The van der Waals surface area contributed by atoms with Crippen LogP contribution in [0.25, 0.3) is 0 Å². The van der Waals surface area contributed by atoms with Crippen molar-refractivity contribution < 1.29 is 4.79 Å². The van der Waals surface area contributed by atoms with Gasteiger partial charge in [0.15, 0.2) is 0 Å². The number of thiophene rings is 1. The minimum atomic E-state index is 0.386. The van der Waals surface area contributed by atoms with Gasteiger partial charge in [-0.3, -0.25) is 4.79 Å². The number of ketones is 1. The highest BCUT2D eigenvalue weighted by Gasteiger charge is 2.07. The van der Waals surface area contributed by atoms with Crippen LogP contribution in [0, 0.1) is 5.92 Å². The third-order valence-corrected chi connectivity index (χ3v) is 3.74. The van der Waals surface area contributed by atoms with Crippen LogP contribution in [0.3, 0.4) is 0 Å². The fourth-order valence-corrected chi connectivity index (χ4v) is 2.39. The van der Waals surface area contributed by atoms with Crippen LogP contribution in [0.2, 0.25) is 0 Å². The summed E-state index contributed by atoms with van der Waals surface area (Å²) in [5.74, 6) is 0.966. The number of carbonyl (C=O) groups is 1. The summed E-state index contributed by atoms with van der Waals surface area (Å²) in [6, 6.07) is 4.13. The Labute approximate surface area is 102 Å². The van der Waals surface area contributed by atoms with Crippen molar-refractivity contribution in [3.8, 4) is 0 Å². The number of rotatable bonds is 8. The Morgan fingerprint density at radius 3 is 2.88 bits per heavy atom. The van der Waals surface area contributed by atoms with E-state index in [1.807, 2.05) is 6.07 Å². The van der Waals surface area contributed by atoms with Crippen molar-refractivity contribution in [1.29, 1.82) is 0 Å². The lowest BCUT2D eigenvalue weighted by molar-refractivity contribution is -0.119. The van der Waals surface area contributed by atoms with Gasteiger partial charge in [-0.2, -0.15) is 0 Å². The summed E-state index contributed by atoms with van der Waals surface area (Å²) >= 11 is 1.73. The van der Waals surface area contributed by atoms with Gasteiger partial charge in [0.25, 0.3) is 0 Å². The molecule has 0 fully saturated rings. The van der Waals surface area contributed by atoms with E-state index < -0.39 is 0 Å². The van der Waals surface area contributed by atoms with Crippen LogP contribution in [-0.2, 0) is 11.2 Å². The monoisotopic (exact) mass is 239 g/mol. The van der Waals surface area contributed by atoms with Crippen molar-refractivity contribution in [1.82, 2.24) is 0 Å². The van der Waals surface area contributed by atoms with Crippen molar-refractivity contribution >= 4 is 17.1 Å². The summed E-state index contributed by atoms with van der Waals surface area (Å²) in [5, 5.41) is 2.06. The Morgan fingerprint density at radius 1 is 1.44 bits per heavy atom. The molecule has 16 heavy (non-hydrogen) atoms. The molecule has 1 rings (SSSR count). The fraction of sp³-hybridized carbons (Fsp3) is 0.615. The van der Waals surface area contributed by atoms with Gasteiger partial charge in [-0.15, -0.1) is 11.3 Å². The summed E-state index contributed by atoms with van der Waals surface area (Å²) in [6.07, 6.45) is 4.32. The van der Waals surface area contributed by atoms with E-state index in [0.29, 0.717) is 24.5 Å². The summed E-state index contributed by atoms with van der Waals surface area (Å²) in [4.78, 5) is 12.9. The van der Waals surface area contributed by atoms with Gasteiger partial charge < -0.3 is 5.73 Å². The van der Waals surface area contributed by atoms with Crippen molar-refractivity contribution in [2.75, 3.05) is 6.54 Å². The van der Waals surface area contributed by atoms with E-state index in [0.717, 1.165) is 25.8 Å². The Hall–Kier alpha value is -0.670. The van der Waals surface area contributed by atoms with Crippen molar-refractivity contribution in [2.24, 2.45) is 11.7 Å². The number of hydrogen-bond acceptors (Lipinski definition) is 3. The molecule has 0 radical (unpaired) electrons. The lowest BCUT2D eigenvalue weighted by Crippen LogP contribution is -2.08. The maximum Gasteiger partial charge on any atom is 0.133 e. The number of aryl methyl sites for hydroxylation is 1. The maximum atomic E-state index is 11.6. The predicted molar refractivity (Wildman–Crippen MR) is 69.7 cm³/mol. The van der Waals surface area contributed by atoms with E-state index in [1.165, 1.54) is 4.88 Å². The molecule has 0 aromatic carbocycles. The van der Waals surface area contributed by atoms with Crippen LogP contribution in [0.1, 0.15) is 37.5 Å². The van der Waals surface area contributed by atoms with Crippen LogP contribution in [0.15, 0.2) is 17.5 Å². The Balaban J connectivity index is 2.11. The predicted octanol–water partition coefficient (Wildman–Crippen LogP) is 3.01. The molecule has 0 aliphatic heterocycles. The average Bonchev–Trinajstić information content (AvgIpc) is 2.77. The van der Waals surface area contributed by atoms with E-state index in [4.69, 9.17) is 5.73 Å². The Bertz CT molecular complexity index is 295. The molecular weight excluding hydrogens is 218 g/mol. The van der Waals surface area contributed by atoms with Gasteiger partial charge in [0.05, 0.1) is 0 Å². The van der Waals surface area contributed by atoms with E-state index in [1.54, 1.807) is 11.3 Å². The molecule has 90 valence electrons. The minimum absolute atomic E-state index is 0.386. The molecule has 0 amide bonds. The molecule has 0 bridgehead atoms. The maximum absolute atomic E-state index is 11.6. The zero-order valence-electron chi connectivity index (χ0n) is 9.95. The van der Waals surface area contributed by atoms with Gasteiger partial charge in [0.1, 0.15) is 5.78 Å². The normalized spacial score (nSPS) is 12.6. The summed E-state index contributed by atoms with van der Waals surface area (Å²) in [5.41, 5.74) is 5.48. The van der Waals surface area contributed by atoms with Crippen molar-refractivity contribution in [2.45, 2.75) is 39.0 Å². The van der Waals surface area contributed by atoms with E-state index in [2.05, 4.69) is 18.4 Å². The van der Waals surface area contributed by atoms with Crippen LogP contribution >= 0.6 is 11.3 Å². The van der Waals surface area contributed by atoms with Crippen LogP contribution in [0.4, 0.5) is 0 Å². The second-order valence-corrected chi connectivity index (χ2v) is 5.37. The molecule has 2 N–H and O–H groups in total. The van der Waals surface area contributed by atoms with Crippen molar-refractivity contribution in [3.05, 3.63) is 22.4 Å². The highest BCUT2D eigenvalue weighted by molar-refractivity contribution is 7.09. The van der Waals surface area contributed by atoms with E-state index >= 15 is 0 Å². The first-order chi connectivity index (χ1) is 7.72. The molecule has 0 saturated carbocycles. The van der Waals surface area contributed by atoms with Gasteiger partial charge in [-0.05, 0) is 43.2 Å². The molecule has 1 aromatic heterocycles. The lowest BCUT2D eigenvalue weighted by Gasteiger charge is -2.08. The van der Waals surface area contributed by atoms with Gasteiger partial charge >= 0.3 is 0 Å². The number of carbonyl (C=O) groups excluding carboxylic acids is 1. The average molecular weight is 239 g/mol. The van der Waals surface area contributed by atoms with Gasteiger partial charge in [0.2, 0.25) is 0 Å². The zero-order valence-corrected chi connectivity index (χ0v) is 10.8. The quantitative estimate of drug-likeness (QED) is 0.757. The molecule has 1 atom stereocenters. The molecule has 1 unspecified atom stereocenters. The minimum Gasteiger partial charge on any atom is -0.330 e. The fourth-order valence-electron chi connectivity index (χ4n) is 1.68. The largest absolute Gasteiger partial charge is 0.330 e. The second kappa shape index (κ2) is 7.58. The van der Waals surface area contributed by atoms with Gasteiger partial charge in [0, 0.05) is 17.7 Å². The first-order valence-corrected chi connectivity index (χ1v) is 6.84. The summed E-state index contributed by atoms with van der Waals surface area (Å²) < 4.78 is 0. The van der Waals surface area contributed by atoms with Crippen molar-refractivity contribution in [3.63, 3.8) is 0 Å². The smallest absolute Gasteiger partial charge is 0.133 e. The van der Waals surface area contributed by atoms with E-state index in [9.17, 15) is 4.79 Å². The second-order valence-electron chi connectivity index (χ2n) is 4.34. The SMILES string of the molecule is CC(CCN)CCC(=O)CCc1cccs1. The highest BCUT2D eigenvalue weighted by atomic mass is 32.1. The Kier molecular flexibility index (Phi) is 6.34. The molecular formula is C13H21NOS. The molecule has 0 aliphatic carbocycles. The van der Waals surface area contributed by atoms with E-state index in [-0.39, 0.29) is 0 Å². The molecule has 1 heterocycles. The van der Waals surface area contributed by atoms with Crippen LogP contribution in [-0.4, -0.2) is 12.3 Å². The number of hydrogen-bond donors (Lipinski definition) is 1. The Morgan fingerprint density at radius 2 is 2.25 bits per heavy atom. The summed E-state index contributed by atoms with van der Waals surface area (Å²) in [7, 11) is 0. The zero-order chi connectivity index (χ0) is 11.8. The van der Waals surface area contributed by atoms with Crippen LogP contribution < -0.4 is 5.73 Å². The third kappa shape index (κ3) is 5.42. The molecule has 0 aliphatic rings. The van der Waals surface area contributed by atoms with Crippen LogP contribution in [0.5, 0.6) is 0 Å². The molecule has 1 aromatic rings. The topological polar surface area (TPSA) is 43.1 Å². The summed E-state index contributed by atoms with van der Waals surface area (Å²) in [6.45, 7) is 2.89. The number of Topliss-reactive ketones (excluding diaryl/α,β-unsaturated/α-hetero) is 1.